The zero-order valence-corrected chi connectivity index (χ0v) is 25.3. The number of nitrogens with two attached hydrogens (primary N) is 1. The van der Waals surface area contributed by atoms with Crippen molar-refractivity contribution in [3.63, 3.8) is 0 Å². The number of anilines is 2. The SMILES string of the molecule is CC.CCCOc1ccc(-c2ccc(N)c(NCC)c2)cc1CC(C)CC.Cc1ccc2c(C)ncnc2c1. The first kappa shape index (κ1) is 31.6. The number of nitrogens with one attached hydrogen (secondary N) is 1. The van der Waals surface area contributed by atoms with Crippen molar-refractivity contribution in [1.82, 2.24) is 9.97 Å². The Bertz CT molecular complexity index is 1300. The van der Waals surface area contributed by atoms with E-state index in [1.54, 1.807) is 6.33 Å². The van der Waals surface area contributed by atoms with Crippen LogP contribution < -0.4 is 15.8 Å². The number of benzene rings is 3. The van der Waals surface area contributed by atoms with Crippen molar-refractivity contribution in [2.75, 3.05) is 24.2 Å². The molecule has 39 heavy (non-hydrogen) atoms. The molecule has 0 bridgehead atoms. The summed E-state index contributed by atoms with van der Waals surface area (Å²) in [7, 11) is 0. The molecule has 0 saturated carbocycles. The zero-order chi connectivity index (χ0) is 28.8. The fraction of sp³-hybridized carbons (Fsp3) is 0.412. The average molecular weight is 529 g/mol. The third kappa shape index (κ3) is 9.27. The van der Waals surface area contributed by atoms with E-state index in [2.05, 4.69) is 98.4 Å². The van der Waals surface area contributed by atoms with Crippen LogP contribution in [0.15, 0.2) is 60.9 Å². The lowest BCUT2D eigenvalue weighted by Crippen LogP contribution is -2.04. The highest BCUT2D eigenvalue weighted by Crippen LogP contribution is 2.32. The Labute approximate surface area is 236 Å². The highest BCUT2D eigenvalue weighted by atomic mass is 16.5. The predicted octanol–water partition coefficient (Wildman–Crippen LogP) is 9.02. The highest BCUT2D eigenvalue weighted by Gasteiger charge is 2.11. The molecular formula is C34H48N4O. The van der Waals surface area contributed by atoms with Gasteiger partial charge in [-0.1, -0.05) is 65.3 Å². The molecule has 4 rings (SSSR count). The topological polar surface area (TPSA) is 73.1 Å². The number of nitrogens with zero attached hydrogens (tertiary/aromatic N) is 2. The Morgan fingerprint density at radius 2 is 1.62 bits per heavy atom. The minimum Gasteiger partial charge on any atom is -0.493 e. The van der Waals surface area contributed by atoms with Crippen molar-refractivity contribution in [2.24, 2.45) is 5.92 Å². The van der Waals surface area contributed by atoms with Gasteiger partial charge in [-0.3, -0.25) is 0 Å². The maximum absolute atomic E-state index is 6.06. The van der Waals surface area contributed by atoms with Crippen molar-refractivity contribution in [1.29, 1.82) is 0 Å². The summed E-state index contributed by atoms with van der Waals surface area (Å²) < 4.78 is 5.97. The molecule has 0 radical (unpaired) electrons. The molecule has 0 aliphatic heterocycles. The van der Waals surface area contributed by atoms with Gasteiger partial charge in [0.05, 0.1) is 23.5 Å². The molecule has 1 atom stereocenters. The largest absolute Gasteiger partial charge is 0.493 e. The Balaban J connectivity index is 0.000000315. The molecule has 0 amide bonds. The smallest absolute Gasteiger partial charge is 0.122 e. The molecule has 210 valence electrons. The fourth-order valence-corrected chi connectivity index (χ4v) is 4.17. The summed E-state index contributed by atoms with van der Waals surface area (Å²) in [4.78, 5) is 8.32. The first-order chi connectivity index (χ1) is 18.9. The number of hydrogen-bond donors (Lipinski definition) is 2. The number of rotatable bonds is 9. The minimum absolute atomic E-state index is 0.642. The van der Waals surface area contributed by atoms with Gasteiger partial charge in [-0.2, -0.15) is 0 Å². The first-order valence-electron chi connectivity index (χ1n) is 14.4. The Morgan fingerprint density at radius 3 is 2.31 bits per heavy atom. The van der Waals surface area contributed by atoms with Crippen LogP contribution in [0.3, 0.4) is 0 Å². The molecule has 1 heterocycles. The molecule has 4 aromatic rings. The third-order valence-corrected chi connectivity index (χ3v) is 6.53. The van der Waals surface area contributed by atoms with Crippen LogP contribution in [0.25, 0.3) is 22.0 Å². The van der Waals surface area contributed by atoms with Crippen molar-refractivity contribution >= 4 is 22.3 Å². The molecule has 0 aliphatic carbocycles. The number of aryl methyl sites for hydroxylation is 2. The molecule has 5 heteroatoms. The van der Waals surface area contributed by atoms with Gasteiger partial charge in [0.25, 0.3) is 0 Å². The molecule has 0 spiro atoms. The van der Waals surface area contributed by atoms with Crippen molar-refractivity contribution in [3.05, 3.63) is 77.7 Å². The van der Waals surface area contributed by atoms with Gasteiger partial charge in [-0.25, -0.2) is 9.97 Å². The molecule has 1 unspecified atom stereocenters. The van der Waals surface area contributed by atoms with E-state index in [1.807, 2.05) is 26.8 Å². The lowest BCUT2D eigenvalue weighted by Gasteiger charge is -2.16. The van der Waals surface area contributed by atoms with Crippen LogP contribution >= 0.6 is 0 Å². The number of hydrogen-bond acceptors (Lipinski definition) is 5. The maximum Gasteiger partial charge on any atom is 0.122 e. The standard InChI is InChI=1S/C22H32N2O.C10H10N2.C2H6/c1-5-12-25-22-11-9-17(14-19(22)13-16(4)6-2)18-8-10-20(23)21(15-18)24-7-3;1-7-3-4-9-8(2)11-6-12-10(9)5-7;1-2/h8-11,14-16,24H,5-7,12-13,23H2,1-4H3;3-6H,1-2H3;1-2H3. The first-order valence-corrected chi connectivity index (χ1v) is 14.4. The van der Waals surface area contributed by atoms with Gasteiger partial charge in [0.1, 0.15) is 12.1 Å². The second-order valence-corrected chi connectivity index (χ2v) is 9.70. The van der Waals surface area contributed by atoms with E-state index >= 15 is 0 Å². The summed E-state index contributed by atoms with van der Waals surface area (Å²) in [5.41, 5.74) is 14.8. The number of aromatic nitrogens is 2. The summed E-state index contributed by atoms with van der Waals surface area (Å²) >= 11 is 0. The van der Waals surface area contributed by atoms with Gasteiger partial charge in [-0.15, -0.1) is 0 Å². The maximum atomic E-state index is 6.06. The third-order valence-electron chi connectivity index (χ3n) is 6.53. The number of ether oxygens (including phenoxy) is 1. The highest BCUT2D eigenvalue weighted by molar-refractivity contribution is 5.81. The van der Waals surface area contributed by atoms with Crippen LogP contribution in [0.2, 0.25) is 0 Å². The molecule has 0 aliphatic rings. The Morgan fingerprint density at radius 1 is 0.897 bits per heavy atom. The molecule has 0 fully saturated rings. The van der Waals surface area contributed by atoms with Crippen LogP contribution in [0.1, 0.15) is 71.2 Å². The summed E-state index contributed by atoms with van der Waals surface area (Å²) in [6, 6.07) is 19.0. The van der Waals surface area contributed by atoms with Crippen LogP contribution in [0.4, 0.5) is 11.4 Å². The van der Waals surface area contributed by atoms with Crippen LogP contribution in [-0.2, 0) is 6.42 Å². The second-order valence-electron chi connectivity index (χ2n) is 9.70. The molecule has 1 aromatic heterocycles. The lowest BCUT2D eigenvalue weighted by atomic mass is 9.94. The van der Waals surface area contributed by atoms with Crippen molar-refractivity contribution in [3.8, 4) is 16.9 Å². The van der Waals surface area contributed by atoms with E-state index in [0.29, 0.717) is 5.92 Å². The van der Waals surface area contributed by atoms with Crippen molar-refractivity contribution in [2.45, 2.75) is 74.7 Å². The van der Waals surface area contributed by atoms with Gasteiger partial charge in [0.2, 0.25) is 0 Å². The van der Waals surface area contributed by atoms with E-state index < -0.39 is 0 Å². The van der Waals surface area contributed by atoms with Crippen LogP contribution in [0, 0.1) is 19.8 Å². The van der Waals surface area contributed by atoms with Gasteiger partial charge in [0, 0.05) is 17.6 Å². The second kappa shape index (κ2) is 16.4. The van der Waals surface area contributed by atoms with E-state index in [-0.39, 0.29) is 0 Å². The summed E-state index contributed by atoms with van der Waals surface area (Å²) in [6.07, 6.45) is 4.84. The van der Waals surface area contributed by atoms with Crippen LogP contribution in [0.5, 0.6) is 5.75 Å². The zero-order valence-electron chi connectivity index (χ0n) is 25.3. The molecule has 3 aromatic carbocycles. The lowest BCUT2D eigenvalue weighted by molar-refractivity contribution is 0.312. The number of nitrogen functional groups attached to an aromatic ring is 1. The van der Waals surface area contributed by atoms with E-state index in [1.165, 1.54) is 28.7 Å². The molecule has 5 nitrogen and oxygen atoms in total. The molecule has 0 saturated heterocycles. The monoisotopic (exact) mass is 528 g/mol. The Kier molecular flexibility index (Phi) is 13.3. The van der Waals surface area contributed by atoms with Gasteiger partial charge in [0.15, 0.2) is 0 Å². The van der Waals surface area contributed by atoms with E-state index in [9.17, 15) is 0 Å². The van der Waals surface area contributed by atoms with Crippen molar-refractivity contribution < 1.29 is 4.74 Å². The van der Waals surface area contributed by atoms with Crippen LogP contribution in [-0.4, -0.2) is 23.1 Å². The quantitative estimate of drug-likeness (QED) is 0.212. The molecular weight excluding hydrogens is 480 g/mol. The summed E-state index contributed by atoms with van der Waals surface area (Å²) in [5, 5.41) is 4.47. The Hall–Kier alpha value is -3.60. The summed E-state index contributed by atoms with van der Waals surface area (Å²) in [5.74, 6) is 1.66. The molecule has 3 N–H and O–H groups in total. The minimum atomic E-state index is 0.642. The van der Waals surface area contributed by atoms with Gasteiger partial charge < -0.3 is 15.8 Å². The number of fused-ring (bicyclic) bond motifs is 1. The predicted molar refractivity (Wildman–Crippen MR) is 170 cm³/mol. The summed E-state index contributed by atoms with van der Waals surface area (Å²) in [6.45, 7) is 18.4. The normalized spacial score (nSPS) is 11.1. The van der Waals surface area contributed by atoms with E-state index in [0.717, 1.165) is 59.7 Å². The van der Waals surface area contributed by atoms with Gasteiger partial charge >= 0.3 is 0 Å². The average Bonchev–Trinajstić information content (AvgIpc) is 2.95. The van der Waals surface area contributed by atoms with E-state index in [4.69, 9.17) is 10.5 Å². The fourth-order valence-electron chi connectivity index (χ4n) is 4.17. The van der Waals surface area contributed by atoms with Gasteiger partial charge in [-0.05, 0) is 92.1 Å².